The van der Waals surface area contributed by atoms with E-state index in [4.69, 9.17) is 5.73 Å². The predicted octanol–water partition coefficient (Wildman–Crippen LogP) is -0.386. The molecule has 0 saturated heterocycles. The lowest BCUT2D eigenvalue weighted by atomic mass is 10.1. The SMILES string of the molecule is CN(C)c1ccc(C(=O)NCCNS(C)(=O)=O)cc1N. The lowest BCUT2D eigenvalue weighted by Crippen LogP contribution is -2.34. The van der Waals surface area contributed by atoms with E-state index in [0.717, 1.165) is 11.9 Å². The van der Waals surface area contributed by atoms with Crippen LogP contribution in [0.15, 0.2) is 18.2 Å². The van der Waals surface area contributed by atoms with Crippen LogP contribution in [0.5, 0.6) is 0 Å². The zero-order chi connectivity index (χ0) is 15.3. The van der Waals surface area contributed by atoms with Gasteiger partial charge in [-0.3, -0.25) is 4.79 Å². The second-order valence-electron chi connectivity index (χ2n) is 4.59. The van der Waals surface area contributed by atoms with Crippen molar-refractivity contribution in [2.24, 2.45) is 0 Å². The number of rotatable bonds is 6. The summed E-state index contributed by atoms with van der Waals surface area (Å²) in [4.78, 5) is 13.7. The Morgan fingerprint density at radius 1 is 1.30 bits per heavy atom. The van der Waals surface area contributed by atoms with Crippen LogP contribution in [0.1, 0.15) is 10.4 Å². The topological polar surface area (TPSA) is 105 Å². The number of nitrogens with zero attached hydrogens (tertiary/aromatic N) is 1. The molecule has 0 atom stereocenters. The van der Waals surface area contributed by atoms with Gasteiger partial charge >= 0.3 is 0 Å². The standard InChI is InChI=1S/C12H20N4O3S/c1-16(2)11-5-4-9(8-10(11)13)12(17)14-6-7-15-20(3,18)19/h4-5,8,15H,6-7,13H2,1-3H3,(H,14,17). The van der Waals surface area contributed by atoms with Gasteiger partial charge in [-0.15, -0.1) is 0 Å². The number of carbonyl (C=O) groups is 1. The van der Waals surface area contributed by atoms with E-state index in [1.165, 1.54) is 0 Å². The Bertz CT molecular complexity index is 584. The molecule has 1 amide bonds. The molecule has 4 N–H and O–H groups in total. The first kappa shape index (κ1) is 16.3. The summed E-state index contributed by atoms with van der Waals surface area (Å²) in [5.74, 6) is -0.294. The average Bonchev–Trinajstić information content (AvgIpc) is 2.32. The van der Waals surface area contributed by atoms with Crippen LogP contribution in [-0.4, -0.2) is 47.8 Å². The Morgan fingerprint density at radius 3 is 2.45 bits per heavy atom. The van der Waals surface area contributed by atoms with Crippen LogP contribution < -0.4 is 20.7 Å². The predicted molar refractivity (Wildman–Crippen MR) is 80.4 cm³/mol. The molecule has 0 aromatic heterocycles. The quantitative estimate of drug-likeness (QED) is 0.490. The van der Waals surface area contributed by atoms with E-state index in [2.05, 4.69) is 10.0 Å². The van der Waals surface area contributed by atoms with Crippen molar-refractivity contribution in [2.45, 2.75) is 0 Å². The van der Waals surface area contributed by atoms with Crippen LogP contribution in [0.25, 0.3) is 0 Å². The van der Waals surface area contributed by atoms with E-state index in [1.807, 2.05) is 19.0 Å². The minimum absolute atomic E-state index is 0.149. The van der Waals surface area contributed by atoms with Crippen molar-refractivity contribution in [1.82, 2.24) is 10.0 Å². The Kier molecular flexibility index (Phi) is 5.34. The van der Waals surface area contributed by atoms with Crippen molar-refractivity contribution in [3.8, 4) is 0 Å². The maximum Gasteiger partial charge on any atom is 0.251 e. The lowest BCUT2D eigenvalue weighted by molar-refractivity contribution is 0.0954. The molecule has 1 aromatic carbocycles. The third-order valence-electron chi connectivity index (χ3n) is 2.55. The minimum Gasteiger partial charge on any atom is -0.397 e. The van der Waals surface area contributed by atoms with Crippen LogP contribution in [0.3, 0.4) is 0 Å². The summed E-state index contributed by atoms with van der Waals surface area (Å²) in [7, 11) is 0.491. The summed E-state index contributed by atoms with van der Waals surface area (Å²) in [6, 6.07) is 5.03. The van der Waals surface area contributed by atoms with Crippen LogP contribution in [0.2, 0.25) is 0 Å². The summed E-state index contributed by atoms with van der Waals surface area (Å²) in [6.07, 6.45) is 1.06. The number of nitrogens with two attached hydrogens (primary N) is 1. The van der Waals surface area contributed by atoms with Gasteiger partial charge in [0, 0.05) is 32.7 Å². The van der Waals surface area contributed by atoms with Crippen molar-refractivity contribution in [3.63, 3.8) is 0 Å². The van der Waals surface area contributed by atoms with Crippen molar-refractivity contribution in [1.29, 1.82) is 0 Å². The number of amides is 1. The molecule has 0 saturated carbocycles. The van der Waals surface area contributed by atoms with Crippen molar-refractivity contribution >= 4 is 27.3 Å². The van der Waals surface area contributed by atoms with Crippen LogP contribution in [0.4, 0.5) is 11.4 Å². The molecule has 0 aliphatic rings. The molecule has 20 heavy (non-hydrogen) atoms. The monoisotopic (exact) mass is 300 g/mol. The molecule has 0 fully saturated rings. The van der Waals surface area contributed by atoms with E-state index in [9.17, 15) is 13.2 Å². The Hall–Kier alpha value is -1.80. The maximum absolute atomic E-state index is 11.8. The third kappa shape index (κ3) is 5.06. The zero-order valence-corrected chi connectivity index (χ0v) is 12.6. The average molecular weight is 300 g/mol. The Labute approximate surface area is 119 Å². The van der Waals surface area contributed by atoms with Gasteiger partial charge in [0.25, 0.3) is 5.91 Å². The summed E-state index contributed by atoms with van der Waals surface area (Å²) in [6.45, 7) is 0.358. The van der Waals surface area contributed by atoms with Gasteiger partial charge in [-0.2, -0.15) is 0 Å². The summed E-state index contributed by atoms with van der Waals surface area (Å²) < 4.78 is 24.0. The highest BCUT2D eigenvalue weighted by Gasteiger charge is 2.09. The fourth-order valence-corrected chi connectivity index (χ4v) is 2.09. The van der Waals surface area contributed by atoms with Crippen molar-refractivity contribution < 1.29 is 13.2 Å². The molecule has 0 bridgehead atoms. The summed E-state index contributed by atoms with van der Waals surface area (Å²) in [5, 5.41) is 2.61. The van der Waals surface area contributed by atoms with Crippen molar-refractivity contribution in [3.05, 3.63) is 23.8 Å². The molecule has 7 nitrogen and oxygen atoms in total. The fraction of sp³-hybridized carbons (Fsp3) is 0.417. The second kappa shape index (κ2) is 6.58. The highest BCUT2D eigenvalue weighted by molar-refractivity contribution is 7.88. The smallest absolute Gasteiger partial charge is 0.251 e. The number of benzene rings is 1. The van der Waals surface area contributed by atoms with Crippen LogP contribution in [0, 0.1) is 0 Å². The first-order valence-corrected chi connectivity index (χ1v) is 7.89. The first-order chi connectivity index (χ1) is 9.20. The number of sulfonamides is 1. The maximum atomic E-state index is 11.8. The number of nitrogen functional groups attached to an aromatic ring is 1. The fourth-order valence-electron chi connectivity index (χ4n) is 1.62. The number of carbonyl (C=O) groups excluding carboxylic acids is 1. The van der Waals surface area contributed by atoms with Gasteiger partial charge in [-0.25, -0.2) is 13.1 Å². The van der Waals surface area contributed by atoms with Gasteiger partial charge in [0.1, 0.15) is 0 Å². The molecule has 0 aliphatic carbocycles. The normalized spacial score (nSPS) is 11.2. The lowest BCUT2D eigenvalue weighted by Gasteiger charge is -2.15. The molecule has 0 radical (unpaired) electrons. The zero-order valence-electron chi connectivity index (χ0n) is 11.8. The van der Waals surface area contributed by atoms with E-state index in [1.54, 1.807) is 18.2 Å². The molecule has 0 aliphatic heterocycles. The molecule has 112 valence electrons. The van der Waals surface area contributed by atoms with E-state index in [0.29, 0.717) is 11.3 Å². The highest BCUT2D eigenvalue weighted by atomic mass is 32.2. The molecule has 0 spiro atoms. The summed E-state index contributed by atoms with van der Waals surface area (Å²) >= 11 is 0. The highest BCUT2D eigenvalue weighted by Crippen LogP contribution is 2.22. The van der Waals surface area contributed by atoms with Crippen molar-refractivity contribution in [2.75, 3.05) is 44.1 Å². The van der Waals surface area contributed by atoms with Gasteiger partial charge in [0.2, 0.25) is 10.0 Å². The van der Waals surface area contributed by atoms with E-state index in [-0.39, 0.29) is 19.0 Å². The Balaban J connectivity index is 2.58. The molecule has 0 heterocycles. The second-order valence-corrected chi connectivity index (χ2v) is 6.42. The van der Waals surface area contributed by atoms with Gasteiger partial charge in [0.15, 0.2) is 0 Å². The molecular formula is C12H20N4O3S. The van der Waals surface area contributed by atoms with Gasteiger partial charge in [-0.1, -0.05) is 0 Å². The Morgan fingerprint density at radius 2 is 1.95 bits per heavy atom. The third-order valence-corrected chi connectivity index (χ3v) is 3.27. The molecule has 0 unspecified atom stereocenters. The number of nitrogens with one attached hydrogen (secondary N) is 2. The molecule has 8 heteroatoms. The molecule has 1 aromatic rings. The van der Waals surface area contributed by atoms with E-state index >= 15 is 0 Å². The number of anilines is 2. The van der Waals surface area contributed by atoms with Crippen LogP contribution in [-0.2, 0) is 10.0 Å². The number of hydrogen-bond acceptors (Lipinski definition) is 5. The minimum atomic E-state index is -3.24. The largest absolute Gasteiger partial charge is 0.397 e. The first-order valence-electron chi connectivity index (χ1n) is 6.00. The van der Waals surface area contributed by atoms with Gasteiger partial charge in [-0.05, 0) is 18.2 Å². The van der Waals surface area contributed by atoms with Gasteiger partial charge < -0.3 is 16.0 Å². The summed E-state index contributed by atoms with van der Waals surface area (Å²) in [5.41, 5.74) is 7.64. The number of hydrogen-bond donors (Lipinski definition) is 3. The molecular weight excluding hydrogens is 280 g/mol. The van der Waals surface area contributed by atoms with Gasteiger partial charge in [0.05, 0.1) is 17.6 Å². The van der Waals surface area contributed by atoms with E-state index < -0.39 is 10.0 Å². The van der Waals surface area contributed by atoms with Crippen LogP contribution >= 0.6 is 0 Å². The molecule has 1 rings (SSSR count).